The predicted octanol–water partition coefficient (Wildman–Crippen LogP) is 9.78. The first-order chi connectivity index (χ1) is 18.4. The fourth-order valence-corrected chi connectivity index (χ4v) is 5.55. The third-order valence-corrected chi connectivity index (χ3v) is 7.22. The van der Waals surface area contributed by atoms with Gasteiger partial charge in [0.25, 0.3) is 0 Å². The lowest BCUT2D eigenvalue weighted by Crippen LogP contribution is -1.98. The zero-order valence-electron chi connectivity index (χ0n) is 20.4. The smallest absolute Gasteiger partial charge is 0.0541 e. The zero-order valence-corrected chi connectivity index (χ0v) is 20.4. The van der Waals surface area contributed by atoms with Gasteiger partial charge >= 0.3 is 0 Å². The largest absolute Gasteiger partial charge is 0.309 e. The molecule has 0 aliphatic carbocycles. The molecule has 0 aliphatic heterocycles. The molecule has 0 aliphatic rings. The summed E-state index contributed by atoms with van der Waals surface area (Å²) in [7, 11) is 0. The molecule has 0 fully saturated rings. The molecular formula is C36H25N. The molecule has 37 heavy (non-hydrogen) atoms. The number of para-hydroxylation sites is 3. The molecule has 1 aromatic heterocycles. The molecule has 0 spiro atoms. The third-order valence-electron chi connectivity index (χ3n) is 7.22. The van der Waals surface area contributed by atoms with Gasteiger partial charge in [0.1, 0.15) is 0 Å². The van der Waals surface area contributed by atoms with Gasteiger partial charge in [0, 0.05) is 16.3 Å². The van der Waals surface area contributed by atoms with Crippen molar-refractivity contribution in [2.24, 2.45) is 0 Å². The van der Waals surface area contributed by atoms with Gasteiger partial charge in [-0.15, -0.1) is 0 Å². The highest BCUT2D eigenvalue weighted by molar-refractivity contribution is 6.09. The molecule has 6 aromatic carbocycles. The minimum atomic E-state index is 1.19. The van der Waals surface area contributed by atoms with Crippen LogP contribution >= 0.6 is 0 Å². The van der Waals surface area contributed by atoms with E-state index in [2.05, 4.69) is 156 Å². The molecule has 0 amide bonds. The van der Waals surface area contributed by atoms with Gasteiger partial charge in [-0.3, -0.25) is 0 Å². The molecule has 0 atom stereocenters. The average Bonchev–Trinajstić information content (AvgIpc) is 3.32. The lowest BCUT2D eigenvalue weighted by Gasteiger charge is -2.17. The molecule has 7 rings (SSSR count). The standard InChI is InChI=1S/C36H25N/c1-2-13-26(14-3-1)27-15-12-16-28(25-27)29-17-4-5-18-30(29)31-19-6-9-22-34(31)37-35-23-10-7-20-32(35)33-21-8-11-24-36(33)37/h1-25H. The Bertz CT molecular complexity index is 1820. The van der Waals surface area contributed by atoms with Crippen LogP contribution in [0.1, 0.15) is 0 Å². The minimum absolute atomic E-state index is 1.19. The topological polar surface area (TPSA) is 4.93 Å². The van der Waals surface area contributed by atoms with Crippen LogP contribution in [-0.4, -0.2) is 4.57 Å². The molecule has 0 bridgehead atoms. The zero-order chi connectivity index (χ0) is 24.6. The van der Waals surface area contributed by atoms with Gasteiger partial charge in [0.05, 0.1) is 16.7 Å². The van der Waals surface area contributed by atoms with Crippen LogP contribution in [0.25, 0.3) is 60.9 Å². The van der Waals surface area contributed by atoms with Gasteiger partial charge in [-0.1, -0.05) is 127 Å². The van der Waals surface area contributed by atoms with Gasteiger partial charge in [-0.05, 0) is 52.1 Å². The van der Waals surface area contributed by atoms with Gasteiger partial charge < -0.3 is 4.57 Å². The maximum atomic E-state index is 2.41. The maximum Gasteiger partial charge on any atom is 0.0541 e. The van der Waals surface area contributed by atoms with Crippen LogP contribution in [0.5, 0.6) is 0 Å². The van der Waals surface area contributed by atoms with Crippen molar-refractivity contribution in [3.63, 3.8) is 0 Å². The van der Waals surface area contributed by atoms with Crippen LogP contribution in [-0.2, 0) is 0 Å². The molecule has 174 valence electrons. The average molecular weight is 472 g/mol. The van der Waals surface area contributed by atoms with Crippen molar-refractivity contribution < 1.29 is 0 Å². The first-order valence-corrected chi connectivity index (χ1v) is 12.7. The Kier molecular flexibility index (Phi) is 5.19. The second-order valence-corrected chi connectivity index (χ2v) is 9.38. The summed E-state index contributed by atoms with van der Waals surface area (Å²) in [6.07, 6.45) is 0. The molecule has 0 N–H and O–H groups in total. The summed E-state index contributed by atoms with van der Waals surface area (Å²) in [6.45, 7) is 0. The van der Waals surface area contributed by atoms with Gasteiger partial charge in [0.2, 0.25) is 0 Å². The fourth-order valence-electron chi connectivity index (χ4n) is 5.55. The Morgan fingerprint density at radius 3 is 1.57 bits per heavy atom. The highest BCUT2D eigenvalue weighted by Crippen LogP contribution is 2.40. The second kappa shape index (κ2) is 8.96. The maximum absolute atomic E-state index is 2.41. The van der Waals surface area contributed by atoms with Crippen molar-refractivity contribution in [2.45, 2.75) is 0 Å². The summed E-state index contributed by atoms with van der Waals surface area (Å²) in [5.74, 6) is 0. The summed E-state index contributed by atoms with van der Waals surface area (Å²) < 4.78 is 2.41. The van der Waals surface area contributed by atoms with Crippen molar-refractivity contribution in [3.05, 3.63) is 152 Å². The molecule has 0 radical (unpaired) electrons. The highest BCUT2D eigenvalue weighted by atomic mass is 15.0. The van der Waals surface area contributed by atoms with E-state index in [1.165, 1.54) is 60.9 Å². The fraction of sp³-hybridized carbons (Fsp3) is 0. The number of nitrogens with zero attached hydrogens (tertiary/aromatic N) is 1. The van der Waals surface area contributed by atoms with E-state index in [-0.39, 0.29) is 0 Å². The van der Waals surface area contributed by atoms with Gasteiger partial charge in [0.15, 0.2) is 0 Å². The lowest BCUT2D eigenvalue weighted by atomic mass is 9.92. The van der Waals surface area contributed by atoms with E-state index in [1.807, 2.05) is 0 Å². The quantitative estimate of drug-likeness (QED) is 0.241. The van der Waals surface area contributed by atoms with Crippen LogP contribution in [0.4, 0.5) is 0 Å². The third kappa shape index (κ3) is 3.64. The van der Waals surface area contributed by atoms with Crippen molar-refractivity contribution >= 4 is 21.8 Å². The molecule has 0 saturated heterocycles. The number of hydrogen-bond donors (Lipinski definition) is 0. The van der Waals surface area contributed by atoms with E-state index in [0.29, 0.717) is 0 Å². The van der Waals surface area contributed by atoms with Crippen LogP contribution in [0, 0.1) is 0 Å². The van der Waals surface area contributed by atoms with Crippen molar-refractivity contribution in [1.82, 2.24) is 4.57 Å². The normalized spacial score (nSPS) is 11.2. The van der Waals surface area contributed by atoms with Crippen molar-refractivity contribution in [2.75, 3.05) is 0 Å². The summed E-state index contributed by atoms with van der Waals surface area (Å²) in [6, 6.07) is 54.4. The highest BCUT2D eigenvalue weighted by Gasteiger charge is 2.17. The van der Waals surface area contributed by atoms with E-state index < -0.39 is 0 Å². The molecule has 1 heterocycles. The summed E-state index contributed by atoms with van der Waals surface area (Å²) in [4.78, 5) is 0. The van der Waals surface area contributed by atoms with Crippen LogP contribution in [0.3, 0.4) is 0 Å². The Morgan fingerprint density at radius 2 is 0.838 bits per heavy atom. The van der Waals surface area contributed by atoms with Crippen LogP contribution in [0.15, 0.2) is 152 Å². The summed E-state index contributed by atoms with van der Waals surface area (Å²) >= 11 is 0. The molecule has 1 heteroatoms. The Balaban J connectivity index is 1.46. The molecule has 7 aromatic rings. The van der Waals surface area contributed by atoms with Crippen molar-refractivity contribution in [1.29, 1.82) is 0 Å². The number of hydrogen-bond acceptors (Lipinski definition) is 0. The van der Waals surface area contributed by atoms with Gasteiger partial charge in [-0.2, -0.15) is 0 Å². The lowest BCUT2D eigenvalue weighted by molar-refractivity contribution is 1.18. The Labute approximate surface area is 216 Å². The molecule has 1 nitrogen and oxygen atoms in total. The van der Waals surface area contributed by atoms with Crippen LogP contribution in [0.2, 0.25) is 0 Å². The minimum Gasteiger partial charge on any atom is -0.309 e. The Morgan fingerprint density at radius 1 is 0.324 bits per heavy atom. The Hall–Kier alpha value is -4.88. The second-order valence-electron chi connectivity index (χ2n) is 9.38. The molecular weight excluding hydrogens is 446 g/mol. The number of rotatable bonds is 4. The van der Waals surface area contributed by atoms with E-state index in [0.717, 1.165) is 0 Å². The number of fused-ring (bicyclic) bond motifs is 3. The van der Waals surface area contributed by atoms with E-state index >= 15 is 0 Å². The van der Waals surface area contributed by atoms with Gasteiger partial charge in [-0.25, -0.2) is 0 Å². The monoisotopic (exact) mass is 471 g/mol. The molecule has 0 saturated carbocycles. The SMILES string of the molecule is c1ccc(-c2cccc(-c3ccccc3-c3ccccc3-n3c4ccccc4c4ccccc43)c2)cc1. The number of aromatic nitrogens is 1. The van der Waals surface area contributed by atoms with E-state index in [4.69, 9.17) is 0 Å². The summed E-state index contributed by atoms with van der Waals surface area (Å²) in [5, 5.41) is 2.55. The number of benzene rings is 6. The first kappa shape index (κ1) is 21.4. The van der Waals surface area contributed by atoms with Crippen LogP contribution < -0.4 is 0 Å². The van der Waals surface area contributed by atoms with E-state index in [9.17, 15) is 0 Å². The first-order valence-electron chi connectivity index (χ1n) is 12.7. The van der Waals surface area contributed by atoms with E-state index in [1.54, 1.807) is 0 Å². The predicted molar refractivity (Wildman–Crippen MR) is 157 cm³/mol. The van der Waals surface area contributed by atoms with Crippen molar-refractivity contribution in [3.8, 4) is 39.1 Å². The molecule has 0 unspecified atom stereocenters. The summed E-state index contributed by atoms with van der Waals surface area (Å²) in [5.41, 5.74) is 11.0.